The summed E-state index contributed by atoms with van der Waals surface area (Å²) in [6.07, 6.45) is 9.06. The molecule has 1 heterocycles. The summed E-state index contributed by atoms with van der Waals surface area (Å²) in [4.78, 5) is 4.01. The molecule has 0 amide bonds. The summed E-state index contributed by atoms with van der Waals surface area (Å²) in [5.41, 5.74) is 0.735. The molecule has 0 saturated heterocycles. The Kier molecular flexibility index (Phi) is 4.13. The Hall–Kier alpha value is -0.930. The maximum Gasteiger partial charge on any atom is 0.0771 e. The minimum atomic E-state index is -0.487. The van der Waals surface area contributed by atoms with Crippen LogP contribution in [0, 0.1) is 0 Å². The van der Waals surface area contributed by atoms with Crippen molar-refractivity contribution < 1.29 is 5.11 Å². The molecule has 94 valence electrons. The molecule has 3 heteroatoms. The minimum absolute atomic E-state index is 0.268. The Bertz CT molecular complexity index is 333. The molecule has 1 atom stereocenters. The van der Waals surface area contributed by atoms with Gasteiger partial charge < -0.3 is 10.4 Å². The first kappa shape index (κ1) is 12.5. The van der Waals surface area contributed by atoms with E-state index in [2.05, 4.69) is 17.2 Å². The van der Waals surface area contributed by atoms with Gasteiger partial charge in [-0.3, -0.25) is 4.98 Å². The Morgan fingerprint density at radius 1 is 1.29 bits per heavy atom. The van der Waals surface area contributed by atoms with Gasteiger partial charge in [0.05, 0.1) is 5.60 Å². The number of nitrogens with zero attached hydrogens (tertiary/aromatic N) is 1. The van der Waals surface area contributed by atoms with Crippen LogP contribution < -0.4 is 5.32 Å². The number of rotatable bonds is 4. The first-order chi connectivity index (χ1) is 8.20. The van der Waals surface area contributed by atoms with Crippen molar-refractivity contribution in [3.63, 3.8) is 0 Å². The molecule has 1 aromatic heterocycles. The molecule has 1 fully saturated rings. The second-order valence-electron chi connectivity index (χ2n) is 5.17. The average molecular weight is 234 g/mol. The van der Waals surface area contributed by atoms with Gasteiger partial charge in [-0.1, -0.05) is 19.3 Å². The van der Waals surface area contributed by atoms with Crippen molar-refractivity contribution in [1.29, 1.82) is 0 Å². The first-order valence-corrected chi connectivity index (χ1v) is 6.55. The minimum Gasteiger partial charge on any atom is -0.389 e. The summed E-state index contributed by atoms with van der Waals surface area (Å²) in [6, 6.07) is 4.30. The molecule has 1 aliphatic carbocycles. The molecular formula is C14H22N2O. The lowest BCUT2D eigenvalue weighted by Gasteiger charge is -2.33. The monoisotopic (exact) mass is 234 g/mol. The van der Waals surface area contributed by atoms with Gasteiger partial charge in [0.2, 0.25) is 0 Å². The van der Waals surface area contributed by atoms with E-state index in [1.807, 2.05) is 24.5 Å². The zero-order valence-electron chi connectivity index (χ0n) is 10.5. The molecule has 1 saturated carbocycles. The highest BCUT2D eigenvalue weighted by molar-refractivity contribution is 5.14. The quantitative estimate of drug-likeness (QED) is 0.841. The third-order valence-electron chi connectivity index (χ3n) is 3.73. The van der Waals surface area contributed by atoms with E-state index in [1.165, 1.54) is 12.0 Å². The van der Waals surface area contributed by atoms with Crippen LogP contribution in [0.1, 0.15) is 50.6 Å². The van der Waals surface area contributed by atoms with E-state index in [9.17, 15) is 5.11 Å². The molecule has 1 unspecified atom stereocenters. The second-order valence-corrected chi connectivity index (χ2v) is 5.17. The predicted molar refractivity (Wildman–Crippen MR) is 68.7 cm³/mol. The van der Waals surface area contributed by atoms with Gasteiger partial charge in [-0.25, -0.2) is 0 Å². The topological polar surface area (TPSA) is 45.1 Å². The van der Waals surface area contributed by atoms with Crippen LogP contribution in [0.2, 0.25) is 0 Å². The lowest BCUT2D eigenvalue weighted by molar-refractivity contribution is 0.00300. The zero-order chi connectivity index (χ0) is 12.1. The lowest BCUT2D eigenvalue weighted by Crippen LogP contribution is -2.42. The van der Waals surface area contributed by atoms with E-state index in [0.717, 1.165) is 25.7 Å². The van der Waals surface area contributed by atoms with Gasteiger partial charge in [0, 0.05) is 25.0 Å². The van der Waals surface area contributed by atoms with Crippen LogP contribution in [-0.4, -0.2) is 22.2 Å². The molecular weight excluding hydrogens is 212 g/mol. The van der Waals surface area contributed by atoms with Crippen LogP contribution in [0.4, 0.5) is 0 Å². The molecule has 0 aliphatic heterocycles. The number of hydrogen-bond donors (Lipinski definition) is 2. The van der Waals surface area contributed by atoms with Gasteiger partial charge in [-0.15, -0.1) is 0 Å². The molecule has 1 aromatic rings. The van der Waals surface area contributed by atoms with Crippen LogP contribution in [0.25, 0.3) is 0 Å². The van der Waals surface area contributed by atoms with Gasteiger partial charge in [0.1, 0.15) is 0 Å². The zero-order valence-corrected chi connectivity index (χ0v) is 10.5. The summed E-state index contributed by atoms with van der Waals surface area (Å²) in [6.45, 7) is 2.82. The lowest BCUT2D eigenvalue weighted by atomic mass is 9.84. The molecule has 0 radical (unpaired) electrons. The number of hydrogen-bond acceptors (Lipinski definition) is 3. The van der Waals surface area contributed by atoms with Crippen molar-refractivity contribution in [3.8, 4) is 0 Å². The molecule has 3 nitrogen and oxygen atoms in total. The highest BCUT2D eigenvalue weighted by Gasteiger charge is 2.29. The van der Waals surface area contributed by atoms with E-state index in [1.54, 1.807) is 0 Å². The Morgan fingerprint density at radius 2 is 1.94 bits per heavy atom. The summed E-state index contributed by atoms with van der Waals surface area (Å²) in [7, 11) is 0. The second kappa shape index (κ2) is 5.61. The maximum atomic E-state index is 10.4. The van der Waals surface area contributed by atoms with E-state index in [0.29, 0.717) is 6.54 Å². The Balaban J connectivity index is 1.85. The molecule has 17 heavy (non-hydrogen) atoms. The summed E-state index contributed by atoms with van der Waals surface area (Å²) in [5, 5.41) is 13.8. The van der Waals surface area contributed by atoms with Crippen LogP contribution in [0.15, 0.2) is 24.5 Å². The van der Waals surface area contributed by atoms with Gasteiger partial charge in [0.25, 0.3) is 0 Å². The number of nitrogens with one attached hydrogen (secondary N) is 1. The van der Waals surface area contributed by atoms with Crippen molar-refractivity contribution in [1.82, 2.24) is 10.3 Å². The van der Waals surface area contributed by atoms with Crippen LogP contribution in [0.5, 0.6) is 0 Å². The van der Waals surface area contributed by atoms with Crippen molar-refractivity contribution in [3.05, 3.63) is 30.1 Å². The highest BCUT2D eigenvalue weighted by atomic mass is 16.3. The largest absolute Gasteiger partial charge is 0.389 e. The van der Waals surface area contributed by atoms with E-state index >= 15 is 0 Å². The summed E-state index contributed by atoms with van der Waals surface area (Å²) < 4.78 is 0. The molecule has 2 N–H and O–H groups in total. The molecule has 0 spiro atoms. The SMILES string of the molecule is CC(NCC1(O)CCCCC1)c1ccncc1. The number of aromatic nitrogens is 1. The molecule has 1 aliphatic rings. The fraction of sp³-hybridized carbons (Fsp3) is 0.643. The third-order valence-corrected chi connectivity index (χ3v) is 3.73. The fourth-order valence-electron chi connectivity index (χ4n) is 2.50. The van der Waals surface area contributed by atoms with Crippen molar-refractivity contribution in [2.45, 2.75) is 50.7 Å². The van der Waals surface area contributed by atoms with Crippen LogP contribution in [0.3, 0.4) is 0 Å². The standard InChI is InChI=1S/C14H22N2O/c1-12(13-5-9-15-10-6-13)16-11-14(17)7-3-2-4-8-14/h5-6,9-10,12,16-17H,2-4,7-8,11H2,1H3. The van der Waals surface area contributed by atoms with Crippen LogP contribution in [-0.2, 0) is 0 Å². The normalized spacial score (nSPS) is 21.1. The van der Waals surface area contributed by atoms with Gasteiger partial charge in [0.15, 0.2) is 0 Å². The smallest absolute Gasteiger partial charge is 0.0771 e. The maximum absolute atomic E-state index is 10.4. The molecule has 0 aromatic carbocycles. The summed E-state index contributed by atoms with van der Waals surface area (Å²) in [5.74, 6) is 0. The van der Waals surface area contributed by atoms with E-state index in [-0.39, 0.29) is 6.04 Å². The van der Waals surface area contributed by atoms with Gasteiger partial charge in [-0.2, -0.15) is 0 Å². The Labute approximate surface area is 103 Å². The molecule has 0 bridgehead atoms. The average Bonchev–Trinajstić information content (AvgIpc) is 2.38. The number of pyridine rings is 1. The fourth-order valence-corrected chi connectivity index (χ4v) is 2.50. The van der Waals surface area contributed by atoms with E-state index in [4.69, 9.17) is 0 Å². The van der Waals surface area contributed by atoms with Crippen molar-refractivity contribution >= 4 is 0 Å². The first-order valence-electron chi connectivity index (χ1n) is 6.55. The van der Waals surface area contributed by atoms with Crippen molar-refractivity contribution in [2.75, 3.05) is 6.54 Å². The van der Waals surface area contributed by atoms with E-state index < -0.39 is 5.60 Å². The van der Waals surface area contributed by atoms with Crippen molar-refractivity contribution in [2.24, 2.45) is 0 Å². The summed E-state index contributed by atoms with van der Waals surface area (Å²) >= 11 is 0. The van der Waals surface area contributed by atoms with Gasteiger partial charge >= 0.3 is 0 Å². The third kappa shape index (κ3) is 3.51. The predicted octanol–water partition coefficient (Wildman–Crippen LogP) is 2.43. The number of aliphatic hydroxyl groups is 1. The molecule has 2 rings (SSSR count). The van der Waals surface area contributed by atoms with Crippen LogP contribution >= 0.6 is 0 Å². The Morgan fingerprint density at radius 3 is 2.59 bits per heavy atom. The highest BCUT2D eigenvalue weighted by Crippen LogP contribution is 2.27. The van der Waals surface area contributed by atoms with Gasteiger partial charge in [-0.05, 0) is 37.5 Å².